The van der Waals surface area contributed by atoms with Gasteiger partial charge in [0.25, 0.3) is 0 Å². The van der Waals surface area contributed by atoms with E-state index in [9.17, 15) is 0 Å². The highest BCUT2D eigenvalue weighted by molar-refractivity contribution is 5.18. The van der Waals surface area contributed by atoms with Crippen LogP contribution in [-0.2, 0) is 0 Å². The van der Waals surface area contributed by atoms with E-state index >= 15 is 0 Å². The smallest absolute Gasteiger partial charge is 0.0166 e. The van der Waals surface area contributed by atoms with E-state index in [1.807, 2.05) is 36.5 Å². The summed E-state index contributed by atoms with van der Waals surface area (Å²) < 4.78 is 0. The molecule has 0 nitrogen and oxygen atoms in total. The molecule has 1 rings (SSSR count). The van der Waals surface area contributed by atoms with Gasteiger partial charge in [-0.15, -0.1) is 0 Å². The highest BCUT2D eigenvalue weighted by Gasteiger charge is 1.72. The lowest BCUT2D eigenvalue weighted by atomic mass is 10.2. The Kier molecular flexibility index (Phi) is 6.05. The van der Waals surface area contributed by atoms with Crippen molar-refractivity contribution in [3.05, 3.63) is 72.9 Å². The molecular formula is C14H16. The van der Waals surface area contributed by atoms with Gasteiger partial charge < -0.3 is 0 Å². The second kappa shape index (κ2) is 8.06. The molecule has 0 radical (unpaired) electrons. The van der Waals surface area contributed by atoms with E-state index in [2.05, 4.69) is 36.5 Å². The molecule has 72 valence electrons. The fourth-order valence-corrected chi connectivity index (χ4v) is 1.05. The summed E-state index contributed by atoms with van der Waals surface area (Å²) in [5, 5.41) is 0. The standard InChI is InChI=1S/C14H16/c1-2-4-6-8-10-12-14-13-11-9-7-5-3-1/h1-10,13-14H,11-12H2/b2-1+,5-3-,6-4-,9-7+,10-8?,14-13+. The zero-order valence-corrected chi connectivity index (χ0v) is 8.34. The Morgan fingerprint density at radius 1 is 0.357 bits per heavy atom. The molecule has 0 aromatic carbocycles. The van der Waals surface area contributed by atoms with E-state index < -0.39 is 0 Å². The minimum Gasteiger partial charge on any atom is -0.0844 e. The van der Waals surface area contributed by atoms with E-state index in [4.69, 9.17) is 0 Å². The Hall–Kier alpha value is -1.56. The van der Waals surface area contributed by atoms with Crippen molar-refractivity contribution in [1.82, 2.24) is 0 Å². The first kappa shape index (κ1) is 10.5. The average Bonchev–Trinajstić information content (AvgIpc) is 2.22. The van der Waals surface area contributed by atoms with Crippen molar-refractivity contribution in [3.63, 3.8) is 0 Å². The molecule has 0 atom stereocenters. The Morgan fingerprint density at radius 3 is 1.14 bits per heavy atom. The SMILES string of the molecule is C1=CC/C=C/C/C=C/C=C\C=C\C=C/1. The molecule has 0 bridgehead atoms. The lowest BCUT2D eigenvalue weighted by molar-refractivity contribution is 1.31. The van der Waals surface area contributed by atoms with Crippen LogP contribution in [0, 0.1) is 0 Å². The van der Waals surface area contributed by atoms with Crippen LogP contribution >= 0.6 is 0 Å². The molecule has 0 heteroatoms. The lowest BCUT2D eigenvalue weighted by Crippen LogP contribution is -1.61. The van der Waals surface area contributed by atoms with Crippen LogP contribution in [0.5, 0.6) is 0 Å². The summed E-state index contributed by atoms with van der Waals surface area (Å²) in [6, 6.07) is 0. The third kappa shape index (κ3) is 6.01. The van der Waals surface area contributed by atoms with Crippen LogP contribution in [-0.4, -0.2) is 0 Å². The third-order valence-electron chi connectivity index (χ3n) is 1.76. The first-order valence-electron chi connectivity index (χ1n) is 4.97. The highest BCUT2D eigenvalue weighted by atomic mass is 13.8. The van der Waals surface area contributed by atoms with E-state index in [0.29, 0.717) is 0 Å². The zero-order chi connectivity index (χ0) is 9.90. The van der Waals surface area contributed by atoms with Crippen molar-refractivity contribution >= 4 is 0 Å². The Labute approximate surface area is 86.3 Å². The van der Waals surface area contributed by atoms with Crippen molar-refractivity contribution < 1.29 is 0 Å². The number of hydrogen-bond donors (Lipinski definition) is 0. The van der Waals surface area contributed by atoms with Gasteiger partial charge in [-0.05, 0) is 12.8 Å². The minimum absolute atomic E-state index is 1.01. The summed E-state index contributed by atoms with van der Waals surface area (Å²) in [6.07, 6.45) is 27.0. The second-order valence-corrected chi connectivity index (χ2v) is 2.95. The first-order chi connectivity index (χ1) is 7.00. The van der Waals surface area contributed by atoms with Crippen molar-refractivity contribution in [2.75, 3.05) is 0 Å². The molecule has 0 amide bonds. The van der Waals surface area contributed by atoms with Gasteiger partial charge in [0.2, 0.25) is 0 Å². The normalized spacial score (nSPS) is 28.6. The minimum atomic E-state index is 1.01. The molecule has 1 aliphatic rings. The summed E-state index contributed by atoms with van der Waals surface area (Å²) in [7, 11) is 0. The van der Waals surface area contributed by atoms with E-state index in [-0.39, 0.29) is 0 Å². The average molecular weight is 184 g/mol. The second-order valence-electron chi connectivity index (χ2n) is 2.95. The van der Waals surface area contributed by atoms with Crippen molar-refractivity contribution in [2.24, 2.45) is 0 Å². The van der Waals surface area contributed by atoms with Crippen LogP contribution < -0.4 is 0 Å². The fourth-order valence-electron chi connectivity index (χ4n) is 1.05. The monoisotopic (exact) mass is 184 g/mol. The molecule has 0 saturated carbocycles. The van der Waals surface area contributed by atoms with Gasteiger partial charge >= 0.3 is 0 Å². The lowest BCUT2D eigenvalue weighted by Gasteiger charge is -1.83. The molecule has 0 aromatic heterocycles. The van der Waals surface area contributed by atoms with Crippen molar-refractivity contribution in [1.29, 1.82) is 0 Å². The first-order valence-corrected chi connectivity index (χ1v) is 4.97. The molecule has 14 heavy (non-hydrogen) atoms. The molecule has 1 aliphatic carbocycles. The molecule has 0 saturated heterocycles. The summed E-state index contributed by atoms with van der Waals surface area (Å²) in [6.45, 7) is 0. The maximum Gasteiger partial charge on any atom is -0.0166 e. The summed E-state index contributed by atoms with van der Waals surface area (Å²) in [5.41, 5.74) is 0. The molecule has 0 N–H and O–H groups in total. The molecule has 0 heterocycles. The predicted molar refractivity (Wildman–Crippen MR) is 64.1 cm³/mol. The summed E-state index contributed by atoms with van der Waals surface area (Å²) in [5.74, 6) is 0. The van der Waals surface area contributed by atoms with Gasteiger partial charge in [-0.2, -0.15) is 0 Å². The van der Waals surface area contributed by atoms with E-state index in [0.717, 1.165) is 12.8 Å². The molecule has 0 spiro atoms. The number of hydrogen-bond acceptors (Lipinski definition) is 0. The number of allylic oxidation sites excluding steroid dienone is 12. The Bertz CT molecular complexity index is 266. The van der Waals surface area contributed by atoms with Crippen LogP contribution in [0.15, 0.2) is 72.9 Å². The van der Waals surface area contributed by atoms with Crippen molar-refractivity contribution in [3.8, 4) is 0 Å². The van der Waals surface area contributed by atoms with Crippen LogP contribution in [0.4, 0.5) is 0 Å². The molecule has 0 unspecified atom stereocenters. The summed E-state index contributed by atoms with van der Waals surface area (Å²) >= 11 is 0. The molecule has 0 aromatic rings. The molecule has 0 fully saturated rings. The summed E-state index contributed by atoms with van der Waals surface area (Å²) in [4.78, 5) is 0. The molecular weight excluding hydrogens is 168 g/mol. The van der Waals surface area contributed by atoms with Crippen LogP contribution in [0.3, 0.4) is 0 Å². The van der Waals surface area contributed by atoms with Crippen molar-refractivity contribution in [2.45, 2.75) is 12.8 Å². The maximum atomic E-state index is 2.18. The van der Waals surface area contributed by atoms with Crippen LogP contribution in [0.25, 0.3) is 0 Å². The van der Waals surface area contributed by atoms with Gasteiger partial charge in [0, 0.05) is 0 Å². The van der Waals surface area contributed by atoms with Gasteiger partial charge in [-0.25, -0.2) is 0 Å². The van der Waals surface area contributed by atoms with Gasteiger partial charge in [0.15, 0.2) is 0 Å². The highest BCUT2D eigenvalue weighted by Crippen LogP contribution is 1.93. The van der Waals surface area contributed by atoms with Gasteiger partial charge in [0.05, 0.1) is 0 Å². The van der Waals surface area contributed by atoms with Gasteiger partial charge in [0.1, 0.15) is 0 Å². The Balaban J connectivity index is 2.56. The Morgan fingerprint density at radius 2 is 0.714 bits per heavy atom. The van der Waals surface area contributed by atoms with Crippen LogP contribution in [0.2, 0.25) is 0 Å². The maximum absolute atomic E-state index is 2.18. The predicted octanol–water partition coefficient (Wildman–Crippen LogP) is 4.12. The quantitative estimate of drug-likeness (QED) is 0.497. The topological polar surface area (TPSA) is 0 Å². The van der Waals surface area contributed by atoms with Gasteiger partial charge in [-0.3, -0.25) is 0 Å². The largest absolute Gasteiger partial charge is 0.0844 e. The van der Waals surface area contributed by atoms with Gasteiger partial charge in [-0.1, -0.05) is 72.9 Å². The molecule has 0 aliphatic heterocycles. The fraction of sp³-hybridized carbons (Fsp3) is 0.143. The zero-order valence-electron chi connectivity index (χ0n) is 8.34. The van der Waals surface area contributed by atoms with E-state index in [1.54, 1.807) is 0 Å². The third-order valence-corrected chi connectivity index (χ3v) is 1.76. The van der Waals surface area contributed by atoms with Crippen LogP contribution in [0.1, 0.15) is 12.8 Å². The van der Waals surface area contributed by atoms with E-state index in [1.165, 1.54) is 0 Å². The number of rotatable bonds is 0.